The summed E-state index contributed by atoms with van der Waals surface area (Å²) in [5.41, 5.74) is 2.55. The van der Waals surface area contributed by atoms with Crippen LogP contribution in [-0.2, 0) is 20.0 Å². The van der Waals surface area contributed by atoms with E-state index in [2.05, 4.69) is 35.7 Å². The molecule has 0 saturated heterocycles. The third kappa shape index (κ3) is 2.73. The van der Waals surface area contributed by atoms with Crippen LogP contribution >= 0.6 is 0 Å². The van der Waals surface area contributed by atoms with E-state index in [1.807, 2.05) is 11.7 Å². The molecule has 0 fully saturated rings. The van der Waals surface area contributed by atoms with Crippen LogP contribution in [0.2, 0.25) is 0 Å². The molecule has 0 bridgehead atoms. The van der Waals surface area contributed by atoms with Crippen molar-refractivity contribution >= 4 is 0 Å². The first kappa shape index (κ1) is 11.4. The van der Waals surface area contributed by atoms with Gasteiger partial charge in [0.2, 0.25) is 0 Å². The highest BCUT2D eigenvalue weighted by Crippen LogP contribution is 2.12. The molecule has 2 rings (SSSR count). The zero-order chi connectivity index (χ0) is 11.4. The quantitative estimate of drug-likeness (QED) is 0.787. The van der Waals surface area contributed by atoms with Gasteiger partial charge in [-0.1, -0.05) is 19.1 Å². The van der Waals surface area contributed by atoms with E-state index >= 15 is 0 Å². The van der Waals surface area contributed by atoms with Crippen molar-refractivity contribution < 1.29 is 0 Å². The SMILES string of the molecule is CCc1nn(C)cc1CNC1C=CCCC1. The summed E-state index contributed by atoms with van der Waals surface area (Å²) in [6.45, 7) is 3.10. The normalized spacial score (nSPS) is 20.2. The second-order valence-electron chi connectivity index (χ2n) is 4.47. The minimum atomic E-state index is 0.554. The average Bonchev–Trinajstić information content (AvgIpc) is 2.68. The maximum absolute atomic E-state index is 4.45. The van der Waals surface area contributed by atoms with Crippen LogP contribution in [0, 0.1) is 0 Å². The van der Waals surface area contributed by atoms with Gasteiger partial charge in [-0.25, -0.2) is 0 Å². The maximum Gasteiger partial charge on any atom is 0.0666 e. The largest absolute Gasteiger partial charge is 0.306 e. The van der Waals surface area contributed by atoms with Gasteiger partial charge in [0.15, 0.2) is 0 Å². The molecule has 16 heavy (non-hydrogen) atoms. The lowest BCUT2D eigenvalue weighted by molar-refractivity contribution is 0.521. The third-order valence-corrected chi connectivity index (χ3v) is 3.14. The molecule has 1 unspecified atom stereocenters. The summed E-state index contributed by atoms with van der Waals surface area (Å²) in [4.78, 5) is 0. The predicted molar refractivity (Wildman–Crippen MR) is 66.2 cm³/mol. The van der Waals surface area contributed by atoms with Gasteiger partial charge < -0.3 is 5.32 Å². The summed E-state index contributed by atoms with van der Waals surface area (Å²) in [6.07, 6.45) is 11.5. The van der Waals surface area contributed by atoms with Crippen LogP contribution in [0.1, 0.15) is 37.4 Å². The lowest BCUT2D eigenvalue weighted by Gasteiger charge is -2.17. The molecule has 1 heterocycles. The first-order chi connectivity index (χ1) is 7.79. The molecule has 88 valence electrons. The van der Waals surface area contributed by atoms with Crippen molar-refractivity contribution in [2.45, 2.75) is 45.2 Å². The molecule has 1 aromatic heterocycles. The Morgan fingerprint density at radius 3 is 3.12 bits per heavy atom. The van der Waals surface area contributed by atoms with Crippen molar-refractivity contribution in [2.24, 2.45) is 7.05 Å². The molecule has 0 aromatic carbocycles. The van der Waals surface area contributed by atoms with E-state index in [1.54, 1.807) is 0 Å². The van der Waals surface area contributed by atoms with Gasteiger partial charge in [-0.3, -0.25) is 4.68 Å². The average molecular weight is 219 g/mol. The van der Waals surface area contributed by atoms with Gasteiger partial charge in [0.05, 0.1) is 5.69 Å². The van der Waals surface area contributed by atoms with Crippen molar-refractivity contribution in [1.29, 1.82) is 0 Å². The Kier molecular flexibility index (Phi) is 3.78. The number of nitrogens with zero attached hydrogens (tertiary/aromatic N) is 2. The van der Waals surface area contributed by atoms with E-state index in [9.17, 15) is 0 Å². The standard InChI is InChI=1S/C13H21N3/c1-3-13-11(10-16(2)15-13)9-14-12-7-5-4-6-8-12/h5,7,10,12,14H,3-4,6,8-9H2,1-2H3. The molecular formula is C13H21N3. The van der Waals surface area contributed by atoms with Crippen molar-refractivity contribution in [3.05, 3.63) is 29.6 Å². The van der Waals surface area contributed by atoms with Gasteiger partial charge in [-0.05, 0) is 25.7 Å². The van der Waals surface area contributed by atoms with Crippen molar-refractivity contribution in [2.75, 3.05) is 0 Å². The minimum absolute atomic E-state index is 0.554. The highest BCUT2D eigenvalue weighted by molar-refractivity contribution is 5.17. The second kappa shape index (κ2) is 5.30. The molecule has 0 spiro atoms. The van der Waals surface area contributed by atoms with E-state index in [1.165, 1.54) is 30.5 Å². The van der Waals surface area contributed by atoms with Crippen LogP contribution in [-0.4, -0.2) is 15.8 Å². The highest BCUT2D eigenvalue weighted by Gasteiger charge is 2.10. The Bertz CT molecular complexity index is 365. The molecule has 0 saturated carbocycles. The third-order valence-electron chi connectivity index (χ3n) is 3.14. The molecule has 0 radical (unpaired) electrons. The Morgan fingerprint density at radius 1 is 1.56 bits per heavy atom. The number of hydrogen-bond donors (Lipinski definition) is 1. The zero-order valence-corrected chi connectivity index (χ0v) is 10.2. The van der Waals surface area contributed by atoms with Crippen LogP contribution in [0.3, 0.4) is 0 Å². The maximum atomic E-state index is 4.45. The molecule has 3 heteroatoms. The van der Waals surface area contributed by atoms with Crippen molar-refractivity contribution in [3.8, 4) is 0 Å². The molecule has 1 aromatic rings. The Hall–Kier alpha value is -1.09. The van der Waals surface area contributed by atoms with Crippen LogP contribution < -0.4 is 5.32 Å². The fourth-order valence-electron chi connectivity index (χ4n) is 2.25. The number of allylic oxidation sites excluding steroid dienone is 1. The van der Waals surface area contributed by atoms with E-state index in [4.69, 9.17) is 0 Å². The number of aryl methyl sites for hydroxylation is 2. The van der Waals surface area contributed by atoms with Gasteiger partial charge >= 0.3 is 0 Å². The zero-order valence-electron chi connectivity index (χ0n) is 10.2. The van der Waals surface area contributed by atoms with Crippen LogP contribution in [0.5, 0.6) is 0 Å². The summed E-state index contributed by atoms with van der Waals surface area (Å²) in [6, 6.07) is 0.554. The molecule has 1 aliphatic rings. The van der Waals surface area contributed by atoms with Crippen LogP contribution in [0.15, 0.2) is 18.3 Å². The first-order valence-corrected chi connectivity index (χ1v) is 6.21. The molecular weight excluding hydrogens is 198 g/mol. The Labute approximate surface area is 97.5 Å². The monoisotopic (exact) mass is 219 g/mol. The van der Waals surface area contributed by atoms with Gasteiger partial charge in [-0.15, -0.1) is 0 Å². The minimum Gasteiger partial charge on any atom is -0.306 e. The summed E-state index contributed by atoms with van der Waals surface area (Å²) in [5, 5.41) is 8.04. The Morgan fingerprint density at radius 2 is 2.44 bits per heavy atom. The van der Waals surface area contributed by atoms with Crippen molar-refractivity contribution in [1.82, 2.24) is 15.1 Å². The predicted octanol–water partition coefficient (Wildman–Crippen LogP) is 2.18. The lowest BCUT2D eigenvalue weighted by atomic mass is 10.0. The fraction of sp³-hybridized carbons (Fsp3) is 0.615. The summed E-state index contributed by atoms with van der Waals surface area (Å²) in [5.74, 6) is 0. The van der Waals surface area contributed by atoms with Crippen molar-refractivity contribution in [3.63, 3.8) is 0 Å². The van der Waals surface area contributed by atoms with Gasteiger partial charge in [0.1, 0.15) is 0 Å². The van der Waals surface area contributed by atoms with E-state index in [0.717, 1.165) is 13.0 Å². The van der Waals surface area contributed by atoms with Gasteiger partial charge in [0, 0.05) is 31.4 Å². The molecule has 1 atom stereocenters. The van der Waals surface area contributed by atoms with E-state index in [0.29, 0.717) is 6.04 Å². The summed E-state index contributed by atoms with van der Waals surface area (Å²) >= 11 is 0. The van der Waals surface area contributed by atoms with E-state index < -0.39 is 0 Å². The number of aromatic nitrogens is 2. The van der Waals surface area contributed by atoms with Crippen LogP contribution in [0.4, 0.5) is 0 Å². The summed E-state index contributed by atoms with van der Waals surface area (Å²) < 4.78 is 1.91. The summed E-state index contributed by atoms with van der Waals surface area (Å²) in [7, 11) is 1.99. The number of rotatable bonds is 4. The molecule has 0 aliphatic heterocycles. The lowest BCUT2D eigenvalue weighted by Crippen LogP contribution is -2.28. The Balaban J connectivity index is 1.93. The molecule has 3 nitrogen and oxygen atoms in total. The first-order valence-electron chi connectivity index (χ1n) is 6.21. The highest BCUT2D eigenvalue weighted by atomic mass is 15.3. The van der Waals surface area contributed by atoms with Gasteiger partial charge in [0.25, 0.3) is 0 Å². The molecule has 0 amide bonds. The topological polar surface area (TPSA) is 29.9 Å². The molecule has 1 aliphatic carbocycles. The van der Waals surface area contributed by atoms with E-state index in [-0.39, 0.29) is 0 Å². The molecule has 1 N–H and O–H groups in total. The second-order valence-corrected chi connectivity index (χ2v) is 4.47. The fourth-order valence-corrected chi connectivity index (χ4v) is 2.25. The smallest absolute Gasteiger partial charge is 0.0666 e. The number of nitrogens with one attached hydrogen (secondary N) is 1. The van der Waals surface area contributed by atoms with Crippen LogP contribution in [0.25, 0.3) is 0 Å². The number of hydrogen-bond acceptors (Lipinski definition) is 2. The van der Waals surface area contributed by atoms with Gasteiger partial charge in [-0.2, -0.15) is 5.10 Å².